The van der Waals surface area contributed by atoms with Gasteiger partial charge in [0.05, 0.1) is 25.4 Å². The summed E-state index contributed by atoms with van der Waals surface area (Å²) in [7, 11) is 2.99. The van der Waals surface area contributed by atoms with Crippen LogP contribution in [0.2, 0.25) is 0 Å². The van der Waals surface area contributed by atoms with Gasteiger partial charge in [-0.1, -0.05) is 48.4 Å². The number of carbonyl (C=O) groups is 2. The Hall–Kier alpha value is -4.47. The quantitative estimate of drug-likeness (QED) is 0.343. The highest BCUT2D eigenvalue weighted by Gasteiger charge is 2.36. The Bertz CT molecular complexity index is 1460. The summed E-state index contributed by atoms with van der Waals surface area (Å²) in [6.07, 6.45) is 3.68. The topological polar surface area (TPSA) is 98.6 Å². The number of aromatic nitrogens is 3. The third kappa shape index (κ3) is 5.55. The number of rotatable bonds is 9. The van der Waals surface area contributed by atoms with Crippen molar-refractivity contribution in [2.24, 2.45) is 0 Å². The third-order valence-corrected chi connectivity index (χ3v) is 7.00. The molecular formula is C29H30FN5O4. The Balaban J connectivity index is 1.63. The number of hydrogen-bond donors (Lipinski definition) is 1. The fraction of sp³-hybridized carbons (Fsp3) is 0.310. The molecule has 0 saturated heterocycles. The van der Waals surface area contributed by atoms with Gasteiger partial charge in [-0.2, -0.15) is 0 Å². The average molecular weight is 532 g/mol. The minimum absolute atomic E-state index is 0.0390. The fourth-order valence-electron chi connectivity index (χ4n) is 5.05. The van der Waals surface area contributed by atoms with Crippen LogP contribution in [0.15, 0.2) is 66.7 Å². The molecule has 1 unspecified atom stereocenters. The number of benzene rings is 3. The summed E-state index contributed by atoms with van der Waals surface area (Å²) in [4.78, 5) is 29.4. The zero-order valence-electron chi connectivity index (χ0n) is 21.8. The second kappa shape index (κ2) is 11.5. The van der Waals surface area contributed by atoms with Gasteiger partial charge in [-0.3, -0.25) is 14.5 Å². The van der Waals surface area contributed by atoms with Gasteiger partial charge in [-0.15, -0.1) is 5.10 Å². The van der Waals surface area contributed by atoms with Gasteiger partial charge >= 0.3 is 0 Å². The number of nitrogens with zero attached hydrogens (tertiary/aromatic N) is 4. The molecule has 0 aliphatic heterocycles. The molecule has 202 valence electrons. The number of hydrogen-bond acceptors (Lipinski definition) is 6. The molecule has 9 nitrogen and oxygen atoms in total. The summed E-state index contributed by atoms with van der Waals surface area (Å²) in [6, 6.07) is 16.8. The van der Waals surface area contributed by atoms with Crippen molar-refractivity contribution in [1.29, 1.82) is 0 Å². The lowest BCUT2D eigenvalue weighted by Gasteiger charge is -2.33. The maximum atomic E-state index is 15.3. The second-order valence-electron chi connectivity index (χ2n) is 9.48. The second-order valence-corrected chi connectivity index (χ2v) is 9.48. The highest BCUT2D eigenvalue weighted by atomic mass is 19.1. The molecule has 1 atom stereocenters. The molecular weight excluding hydrogens is 501 g/mol. The molecule has 1 aromatic heterocycles. The van der Waals surface area contributed by atoms with Crippen LogP contribution in [0.25, 0.3) is 11.0 Å². The molecule has 1 N–H and O–H groups in total. The van der Waals surface area contributed by atoms with Crippen molar-refractivity contribution >= 4 is 28.5 Å². The van der Waals surface area contributed by atoms with Crippen LogP contribution in [0.4, 0.5) is 10.1 Å². The molecule has 1 aliphatic carbocycles. The Morgan fingerprint density at radius 1 is 1.03 bits per heavy atom. The van der Waals surface area contributed by atoms with E-state index in [1.807, 2.05) is 18.2 Å². The zero-order valence-corrected chi connectivity index (χ0v) is 21.8. The van der Waals surface area contributed by atoms with Crippen molar-refractivity contribution in [2.75, 3.05) is 19.1 Å². The van der Waals surface area contributed by atoms with Gasteiger partial charge in [-0.05, 0) is 31.0 Å². The zero-order chi connectivity index (χ0) is 27.4. The first-order valence-corrected chi connectivity index (χ1v) is 12.9. The number of anilines is 1. The number of carbonyl (C=O) groups excluding carboxylic acids is 2. The lowest BCUT2D eigenvalue weighted by atomic mass is 10.0. The highest BCUT2D eigenvalue weighted by Crippen LogP contribution is 2.35. The van der Waals surface area contributed by atoms with Gasteiger partial charge in [0.1, 0.15) is 35.4 Å². The molecule has 5 rings (SSSR count). The summed E-state index contributed by atoms with van der Waals surface area (Å²) >= 11 is 0. The SMILES string of the molecule is COc1cc(OC)cc(N(C(=O)Cn2nnc3ccccc32)C(C(=O)NC2CCCC2)c2ccccc2F)c1. The van der Waals surface area contributed by atoms with E-state index in [4.69, 9.17) is 9.47 Å². The number of methoxy groups -OCH3 is 2. The maximum Gasteiger partial charge on any atom is 0.249 e. The lowest BCUT2D eigenvalue weighted by Crippen LogP contribution is -2.47. The number of para-hydroxylation sites is 1. The van der Waals surface area contributed by atoms with Crippen molar-refractivity contribution in [1.82, 2.24) is 20.3 Å². The fourth-order valence-corrected chi connectivity index (χ4v) is 5.05. The van der Waals surface area contributed by atoms with Crippen LogP contribution in [-0.2, 0) is 16.1 Å². The number of halogens is 1. The molecule has 0 bridgehead atoms. The molecule has 39 heavy (non-hydrogen) atoms. The van der Waals surface area contributed by atoms with Gasteiger partial charge in [0.15, 0.2) is 0 Å². The first-order valence-electron chi connectivity index (χ1n) is 12.9. The molecule has 2 amide bonds. The van der Waals surface area contributed by atoms with Gasteiger partial charge in [0.25, 0.3) is 0 Å². The average Bonchev–Trinajstić information content (AvgIpc) is 3.62. The minimum atomic E-state index is -1.30. The lowest BCUT2D eigenvalue weighted by molar-refractivity contribution is -0.127. The van der Waals surface area contributed by atoms with Crippen LogP contribution < -0.4 is 19.7 Å². The number of nitrogens with one attached hydrogen (secondary N) is 1. The number of amides is 2. The van der Waals surface area contributed by atoms with Crippen molar-refractivity contribution in [3.8, 4) is 11.5 Å². The molecule has 10 heteroatoms. The minimum Gasteiger partial charge on any atom is -0.497 e. The van der Waals surface area contributed by atoms with Crippen LogP contribution in [0.3, 0.4) is 0 Å². The van der Waals surface area contributed by atoms with Crippen LogP contribution in [0.1, 0.15) is 37.3 Å². The number of ether oxygens (including phenoxy) is 2. The van der Waals surface area contributed by atoms with Crippen molar-refractivity contribution in [3.63, 3.8) is 0 Å². The summed E-state index contributed by atoms with van der Waals surface area (Å²) in [6.45, 7) is -0.234. The summed E-state index contributed by atoms with van der Waals surface area (Å²) in [5.41, 5.74) is 1.68. The maximum absolute atomic E-state index is 15.3. The van der Waals surface area contributed by atoms with E-state index in [1.54, 1.807) is 36.4 Å². The van der Waals surface area contributed by atoms with Crippen LogP contribution in [0.5, 0.6) is 11.5 Å². The molecule has 4 aromatic rings. The van der Waals surface area contributed by atoms with Gasteiger partial charge in [0, 0.05) is 29.8 Å². The predicted molar refractivity (Wildman–Crippen MR) is 144 cm³/mol. The Morgan fingerprint density at radius 2 is 1.69 bits per heavy atom. The largest absolute Gasteiger partial charge is 0.497 e. The third-order valence-electron chi connectivity index (χ3n) is 7.00. The molecule has 1 heterocycles. The predicted octanol–water partition coefficient (Wildman–Crippen LogP) is 4.42. The highest BCUT2D eigenvalue weighted by molar-refractivity contribution is 6.02. The molecule has 3 aromatic carbocycles. The molecule has 0 spiro atoms. The smallest absolute Gasteiger partial charge is 0.249 e. The number of fused-ring (bicyclic) bond motifs is 1. The van der Waals surface area contributed by atoms with E-state index >= 15 is 4.39 Å². The van der Waals surface area contributed by atoms with Crippen molar-refractivity contribution in [2.45, 2.75) is 44.3 Å². The van der Waals surface area contributed by atoms with E-state index in [0.29, 0.717) is 28.2 Å². The van der Waals surface area contributed by atoms with Crippen molar-refractivity contribution < 1.29 is 23.5 Å². The van der Waals surface area contributed by atoms with Gasteiger partial charge in [0.2, 0.25) is 11.8 Å². The van der Waals surface area contributed by atoms with Crippen LogP contribution in [-0.4, -0.2) is 47.1 Å². The summed E-state index contributed by atoms with van der Waals surface area (Å²) in [5, 5.41) is 11.4. The van der Waals surface area contributed by atoms with Crippen molar-refractivity contribution in [3.05, 3.63) is 78.1 Å². The summed E-state index contributed by atoms with van der Waals surface area (Å²) in [5.74, 6) is -0.724. The van der Waals surface area contributed by atoms with E-state index in [9.17, 15) is 9.59 Å². The first-order chi connectivity index (χ1) is 19.0. The Kier molecular flexibility index (Phi) is 7.72. The van der Waals surface area contributed by atoms with Crippen LogP contribution >= 0.6 is 0 Å². The van der Waals surface area contributed by atoms with Gasteiger partial charge < -0.3 is 14.8 Å². The van der Waals surface area contributed by atoms with Crippen LogP contribution in [0, 0.1) is 5.82 Å². The van der Waals surface area contributed by atoms with E-state index in [2.05, 4.69) is 15.6 Å². The van der Waals surface area contributed by atoms with E-state index in [1.165, 1.54) is 35.9 Å². The first kappa shape index (κ1) is 26.1. The molecule has 1 fully saturated rings. The Labute approximate surface area is 225 Å². The van der Waals surface area contributed by atoms with E-state index in [-0.39, 0.29) is 18.2 Å². The van der Waals surface area contributed by atoms with Gasteiger partial charge in [-0.25, -0.2) is 9.07 Å². The Morgan fingerprint density at radius 3 is 2.38 bits per heavy atom. The van der Waals surface area contributed by atoms with E-state index < -0.39 is 23.7 Å². The normalized spacial score (nSPS) is 14.2. The van der Waals surface area contributed by atoms with E-state index in [0.717, 1.165) is 25.7 Å². The summed E-state index contributed by atoms with van der Waals surface area (Å²) < 4.78 is 27.7. The standard InChI is InChI=1S/C29H30FN5O4/c1-38-21-15-20(16-22(17-21)39-2)35(27(36)18-34-26-14-8-7-13-25(26)32-33-34)28(23-11-5-6-12-24(23)30)29(37)31-19-9-3-4-10-19/h5-8,11-17,19,28H,3-4,9-10,18H2,1-2H3,(H,31,37). The molecule has 0 radical (unpaired) electrons. The molecule has 1 saturated carbocycles. The monoisotopic (exact) mass is 531 g/mol. The molecule has 1 aliphatic rings.